The molecule has 2 rings (SSSR count). The van der Waals surface area contributed by atoms with Crippen molar-refractivity contribution in [2.45, 2.75) is 52.3 Å². The zero-order chi connectivity index (χ0) is 19.3. The highest BCUT2D eigenvalue weighted by atomic mass is 19.4. The molecule has 1 saturated heterocycles. The molecule has 2 atom stereocenters. The van der Waals surface area contributed by atoms with Gasteiger partial charge in [0, 0.05) is 32.1 Å². The highest BCUT2D eigenvalue weighted by Crippen LogP contribution is 2.27. The van der Waals surface area contributed by atoms with Gasteiger partial charge in [0.1, 0.15) is 5.82 Å². The number of rotatable bonds is 9. The molecule has 0 N–H and O–H groups in total. The van der Waals surface area contributed by atoms with Crippen molar-refractivity contribution in [3.8, 4) is 0 Å². The Hall–Kier alpha value is -1.57. The summed E-state index contributed by atoms with van der Waals surface area (Å²) in [6.07, 6.45) is -0.479. The second-order valence-corrected chi connectivity index (χ2v) is 7.11. The Bertz CT molecular complexity index is 584. The summed E-state index contributed by atoms with van der Waals surface area (Å²) in [7, 11) is 0. The van der Waals surface area contributed by atoms with Gasteiger partial charge < -0.3 is 4.90 Å². The van der Waals surface area contributed by atoms with Crippen molar-refractivity contribution in [2.24, 2.45) is 5.92 Å². The minimum absolute atomic E-state index is 0.207. The van der Waals surface area contributed by atoms with Crippen molar-refractivity contribution in [3.05, 3.63) is 18.5 Å². The Morgan fingerprint density at radius 3 is 2.65 bits per heavy atom. The molecule has 0 aromatic carbocycles. The van der Waals surface area contributed by atoms with Crippen LogP contribution in [0.1, 0.15) is 45.4 Å². The van der Waals surface area contributed by atoms with Crippen LogP contribution in [-0.2, 0) is 6.54 Å². The van der Waals surface area contributed by atoms with Crippen LogP contribution in [0.25, 0.3) is 0 Å². The van der Waals surface area contributed by atoms with E-state index in [-0.39, 0.29) is 5.92 Å². The van der Waals surface area contributed by atoms with Crippen LogP contribution in [0.4, 0.5) is 19.1 Å². The van der Waals surface area contributed by atoms with E-state index in [1.54, 1.807) is 6.92 Å². The molecule has 8 heteroatoms. The van der Waals surface area contributed by atoms with E-state index in [1.165, 1.54) is 4.90 Å². The summed E-state index contributed by atoms with van der Waals surface area (Å²) in [5.74, 6) is 2.26. The van der Waals surface area contributed by atoms with E-state index in [0.29, 0.717) is 32.1 Å². The Morgan fingerprint density at radius 2 is 2.08 bits per heavy atom. The molecule has 26 heavy (non-hydrogen) atoms. The number of hydrogen-bond donors (Lipinski definition) is 0. The molecule has 0 amide bonds. The third-order valence-corrected chi connectivity index (χ3v) is 5.06. The van der Waals surface area contributed by atoms with Gasteiger partial charge in [0.2, 0.25) is 5.95 Å². The topological polar surface area (TPSA) is 37.2 Å². The summed E-state index contributed by atoms with van der Waals surface area (Å²) in [5.41, 5.74) is 0. The molecule has 0 spiro atoms. The van der Waals surface area contributed by atoms with Crippen molar-refractivity contribution >= 4 is 5.95 Å². The lowest BCUT2D eigenvalue weighted by Gasteiger charge is -2.25. The second kappa shape index (κ2) is 8.88. The number of aromatic nitrogens is 3. The van der Waals surface area contributed by atoms with E-state index >= 15 is 0 Å². The summed E-state index contributed by atoms with van der Waals surface area (Å²) in [4.78, 5) is 3.63. The smallest absolute Gasteiger partial charge is 0.341 e. The molecule has 1 fully saturated rings. The van der Waals surface area contributed by atoms with Crippen LogP contribution in [0.5, 0.6) is 0 Å². The first-order valence-corrected chi connectivity index (χ1v) is 9.37. The van der Waals surface area contributed by atoms with Crippen LogP contribution in [0.3, 0.4) is 0 Å². The van der Waals surface area contributed by atoms with Gasteiger partial charge in [-0.05, 0) is 25.3 Å². The second-order valence-electron chi connectivity index (χ2n) is 7.11. The number of hydrogen-bond acceptors (Lipinski definition) is 4. The number of alkyl halides is 3. The van der Waals surface area contributed by atoms with E-state index < -0.39 is 12.7 Å². The Balaban J connectivity index is 2.06. The molecule has 1 aromatic heterocycles. The maximum Gasteiger partial charge on any atom is 0.401 e. The van der Waals surface area contributed by atoms with E-state index in [0.717, 1.165) is 31.2 Å². The number of halogens is 3. The molecule has 0 saturated carbocycles. The number of allylic oxidation sites excluding steroid dienone is 1. The Labute approximate surface area is 153 Å². The molecule has 1 aliphatic heterocycles. The van der Waals surface area contributed by atoms with Gasteiger partial charge in [0.05, 0.1) is 6.54 Å². The van der Waals surface area contributed by atoms with Crippen molar-refractivity contribution in [3.63, 3.8) is 0 Å². The first-order valence-electron chi connectivity index (χ1n) is 9.37. The third-order valence-electron chi connectivity index (χ3n) is 5.06. The zero-order valence-corrected chi connectivity index (χ0v) is 16.0. The van der Waals surface area contributed by atoms with Crippen LogP contribution in [0.2, 0.25) is 0 Å². The predicted molar refractivity (Wildman–Crippen MR) is 97.4 cm³/mol. The molecule has 0 unspecified atom stereocenters. The highest BCUT2D eigenvalue weighted by Gasteiger charge is 2.33. The van der Waals surface area contributed by atoms with Crippen molar-refractivity contribution in [2.75, 3.05) is 37.6 Å². The van der Waals surface area contributed by atoms with Gasteiger partial charge in [0.15, 0.2) is 0 Å². The minimum Gasteiger partial charge on any atom is -0.341 e. The van der Waals surface area contributed by atoms with Gasteiger partial charge in [0.25, 0.3) is 0 Å². The van der Waals surface area contributed by atoms with Gasteiger partial charge in [-0.15, -0.1) is 16.8 Å². The maximum absolute atomic E-state index is 12.7. The lowest BCUT2D eigenvalue weighted by molar-refractivity contribution is -0.146. The molecule has 0 bridgehead atoms. The molecule has 1 aromatic rings. The lowest BCUT2D eigenvalue weighted by Crippen LogP contribution is -2.38. The molecule has 0 aliphatic carbocycles. The monoisotopic (exact) mass is 373 g/mol. The quantitative estimate of drug-likeness (QED) is 0.619. The van der Waals surface area contributed by atoms with E-state index in [1.807, 2.05) is 6.08 Å². The summed E-state index contributed by atoms with van der Waals surface area (Å²) in [6, 6.07) is 0. The molecule has 1 aliphatic rings. The summed E-state index contributed by atoms with van der Waals surface area (Å²) in [6.45, 7) is 12.0. The van der Waals surface area contributed by atoms with Crippen molar-refractivity contribution in [1.82, 2.24) is 19.7 Å². The SMILES string of the molecule is C=CCn1c([C@H](C)CC)nnc1N1CC[C@@H](CN(CC)CC(F)(F)F)C1. The molecular formula is C18H30F3N5. The molecular weight excluding hydrogens is 343 g/mol. The van der Waals surface area contributed by atoms with Crippen LogP contribution in [0, 0.1) is 5.92 Å². The normalized spacial score (nSPS) is 19.3. The van der Waals surface area contributed by atoms with Crippen molar-refractivity contribution < 1.29 is 13.2 Å². The molecule has 0 radical (unpaired) electrons. The average Bonchev–Trinajstić information content (AvgIpc) is 3.19. The fourth-order valence-electron chi connectivity index (χ4n) is 3.48. The standard InChI is InChI=1S/C18H30F3N5/c1-5-9-26-16(14(4)6-2)22-23-17(26)25-10-8-15(12-25)11-24(7-3)13-18(19,20)21/h5,14-15H,1,6-13H2,2-4H3/t14-,15+/m1/s1. The van der Waals surface area contributed by atoms with Crippen molar-refractivity contribution in [1.29, 1.82) is 0 Å². The van der Waals surface area contributed by atoms with Gasteiger partial charge in [-0.1, -0.05) is 26.8 Å². The van der Waals surface area contributed by atoms with Gasteiger partial charge in [-0.2, -0.15) is 13.2 Å². The van der Waals surface area contributed by atoms with E-state index in [2.05, 4.69) is 40.1 Å². The average molecular weight is 373 g/mol. The Kier molecular flexibility index (Phi) is 7.08. The van der Waals surface area contributed by atoms with Crippen LogP contribution < -0.4 is 4.90 Å². The van der Waals surface area contributed by atoms with Gasteiger partial charge >= 0.3 is 6.18 Å². The Morgan fingerprint density at radius 1 is 1.35 bits per heavy atom. The first kappa shape index (κ1) is 20.7. The molecule has 2 heterocycles. The fraction of sp³-hybridized carbons (Fsp3) is 0.778. The third kappa shape index (κ3) is 5.22. The minimum atomic E-state index is -4.15. The summed E-state index contributed by atoms with van der Waals surface area (Å²) < 4.78 is 40.1. The summed E-state index contributed by atoms with van der Waals surface area (Å²) >= 11 is 0. The van der Waals surface area contributed by atoms with E-state index in [4.69, 9.17) is 0 Å². The van der Waals surface area contributed by atoms with Crippen LogP contribution in [-0.4, -0.2) is 58.6 Å². The molecule has 5 nitrogen and oxygen atoms in total. The largest absolute Gasteiger partial charge is 0.401 e. The first-order chi connectivity index (χ1) is 12.3. The highest BCUT2D eigenvalue weighted by molar-refractivity contribution is 5.34. The van der Waals surface area contributed by atoms with Crippen LogP contribution >= 0.6 is 0 Å². The van der Waals surface area contributed by atoms with Crippen LogP contribution in [0.15, 0.2) is 12.7 Å². The number of anilines is 1. The fourth-order valence-corrected chi connectivity index (χ4v) is 3.48. The molecule has 148 valence electrons. The maximum atomic E-state index is 12.7. The zero-order valence-electron chi connectivity index (χ0n) is 16.0. The lowest BCUT2D eigenvalue weighted by atomic mass is 10.1. The van der Waals surface area contributed by atoms with Gasteiger partial charge in [-0.3, -0.25) is 9.47 Å². The number of nitrogens with zero attached hydrogens (tertiary/aromatic N) is 5. The summed E-state index contributed by atoms with van der Waals surface area (Å²) in [5, 5.41) is 8.74. The predicted octanol–water partition coefficient (Wildman–Crippen LogP) is 3.69. The van der Waals surface area contributed by atoms with Gasteiger partial charge in [-0.25, -0.2) is 0 Å². The van der Waals surface area contributed by atoms with E-state index in [9.17, 15) is 13.2 Å².